The zero-order valence-electron chi connectivity index (χ0n) is 20.7. The Kier molecular flexibility index (Phi) is 11.1. The minimum atomic E-state index is -4.72. The van der Waals surface area contributed by atoms with E-state index in [1.165, 1.54) is 33.9 Å². The van der Waals surface area contributed by atoms with Crippen LogP contribution in [0, 0.1) is 11.8 Å². The van der Waals surface area contributed by atoms with E-state index in [2.05, 4.69) is 96.3 Å². The fourth-order valence-corrected chi connectivity index (χ4v) is 7.23. The third-order valence-electron chi connectivity index (χ3n) is 6.31. The highest BCUT2D eigenvalue weighted by Gasteiger charge is 2.40. The van der Waals surface area contributed by atoms with Crippen molar-refractivity contribution in [3.63, 3.8) is 0 Å². The molecular formula is C28H31F2NO5S2. The van der Waals surface area contributed by atoms with Crippen LogP contribution in [0.2, 0.25) is 0 Å². The molecule has 3 unspecified atom stereocenters. The molecule has 0 aromatic heterocycles. The van der Waals surface area contributed by atoms with Crippen LogP contribution in [-0.2, 0) is 21.0 Å². The highest BCUT2D eigenvalue weighted by Crippen LogP contribution is 2.44. The van der Waals surface area contributed by atoms with E-state index in [0.717, 1.165) is 12.3 Å². The summed E-state index contributed by atoms with van der Waals surface area (Å²) in [5.74, 6) is -0.125. The third-order valence-corrected chi connectivity index (χ3v) is 9.20. The molecule has 204 valence electrons. The summed E-state index contributed by atoms with van der Waals surface area (Å²) in [5, 5.41) is 11.1. The van der Waals surface area contributed by atoms with Crippen LogP contribution in [0.1, 0.15) is 25.7 Å². The maximum Gasteiger partial charge on any atom is 0.404 e. The van der Waals surface area contributed by atoms with Gasteiger partial charge in [-0.1, -0.05) is 61.0 Å². The monoisotopic (exact) mass is 563 g/mol. The van der Waals surface area contributed by atoms with Crippen molar-refractivity contribution < 1.29 is 31.7 Å². The number of fused-ring (bicyclic) bond motifs is 2. The van der Waals surface area contributed by atoms with Gasteiger partial charge in [0.25, 0.3) is 6.43 Å². The Balaban J connectivity index is 0.000000178. The summed E-state index contributed by atoms with van der Waals surface area (Å²) in [7, 11) is -4.74. The normalized spacial score (nSPS) is 19.8. The molecule has 2 aliphatic rings. The van der Waals surface area contributed by atoms with E-state index in [1.54, 1.807) is 0 Å². The van der Waals surface area contributed by atoms with E-state index >= 15 is 0 Å². The summed E-state index contributed by atoms with van der Waals surface area (Å²) < 4.78 is 50.1. The summed E-state index contributed by atoms with van der Waals surface area (Å²) in [6, 6.07) is 32.4. The summed E-state index contributed by atoms with van der Waals surface area (Å²) in [6.07, 6.45) is 0.972. The first-order valence-corrected chi connectivity index (χ1v) is 15.0. The summed E-state index contributed by atoms with van der Waals surface area (Å²) in [6.45, 7) is 0. The minimum Gasteiger partial charge on any atom is -0.748 e. The fourth-order valence-electron chi connectivity index (χ4n) is 4.81. The van der Waals surface area contributed by atoms with Crippen LogP contribution in [0.4, 0.5) is 13.6 Å². The molecule has 2 saturated carbocycles. The second kappa shape index (κ2) is 14.3. The topological polar surface area (TPSA) is 107 Å². The number of amides is 1. The van der Waals surface area contributed by atoms with Gasteiger partial charge in [0.15, 0.2) is 14.7 Å². The number of benzene rings is 3. The molecule has 1 amide bonds. The lowest BCUT2D eigenvalue weighted by atomic mass is 9.96. The lowest BCUT2D eigenvalue weighted by Gasteiger charge is -2.20. The van der Waals surface area contributed by atoms with Crippen LogP contribution in [0.15, 0.2) is 106 Å². The van der Waals surface area contributed by atoms with Crippen molar-refractivity contribution in [3.05, 3.63) is 91.0 Å². The quantitative estimate of drug-likeness (QED) is 0.282. The second-order valence-electron chi connectivity index (χ2n) is 9.09. The third kappa shape index (κ3) is 9.74. The Labute approximate surface area is 225 Å². The molecular weight excluding hydrogens is 532 g/mol. The lowest BCUT2D eigenvalue weighted by Crippen LogP contribution is -2.37. The average Bonchev–Trinajstić information content (AvgIpc) is 3.49. The van der Waals surface area contributed by atoms with E-state index < -0.39 is 28.4 Å². The Morgan fingerprint density at radius 3 is 1.58 bits per heavy atom. The molecule has 2 bridgehead atoms. The van der Waals surface area contributed by atoms with Crippen LogP contribution in [0.3, 0.4) is 0 Å². The molecule has 5 rings (SSSR count). The van der Waals surface area contributed by atoms with Gasteiger partial charge in [-0.25, -0.2) is 22.0 Å². The van der Waals surface area contributed by atoms with Gasteiger partial charge < -0.3 is 15.0 Å². The molecule has 6 nitrogen and oxygen atoms in total. The van der Waals surface area contributed by atoms with Crippen molar-refractivity contribution in [2.24, 2.45) is 11.8 Å². The van der Waals surface area contributed by atoms with Crippen LogP contribution < -0.4 is 5.32 Å². The first-order valence-electron chi connectivity index (χ1n) is 12.2. The van der Waals surface area contributed by atoms with Crippen LogP contribution in [0.5, 0.6) is 0 Å². The van der Waals surface area contributed by atoms with Crippen molar-refractivity contribution in [2.75, 3.05) is 5.75 Å². The standard InChI is InChI=1S/C18H15S.C8H13NO2.C2H4F2O3S/c1-4-10-16(11-5-1)19(17-12-6-2-7-13-17)18-14-8-3-9-15-18;10-8(11)9-7-4-5-1-2-6(7)3-5;3-2(4)1-8(5,6)7/h1-15H;5-7,9H,1-4H2,(H,10,11);2H,1H2,(H,5,6,7)/q+1;;/p-1. The van der Waals surface area contributed by atoms with Crippen molar-refractivity contribution in [3.8, 4) is 0 Å². The summed E-state index contributed by atoms with van der Waals surface area (Å²) in [5.41, 5.74) is 0. The number of carboxylic acid groups (broad SMARTS) is 1. The number of hydrogen-bond acceptors (Lipinski definition) is 4. The fraction of sp³-hybridized carbons (Fsp3) is 0.321. The molecule has 0 spiro atoms. The first-order chi connectivity index (χ1) is 18.1. The predicted octanol–water partition coefficient (Wildman–Crippen LogP) is 6.02. The smallest absolute Gasteiger partial charge is 0.404 e. The van der Waals surface area contributed by atoms with E-state index in [9.17, 15) is 26.5 Å². The Morgan fingerprint density at radius 1 is 0.868 bits per heavy atom. The van der Waals surface area contributed by atoms with Crippen LogP contribution in [-0.4, -0.2) is 42.4 Å². The Bertz CT molecular complexity index is 1140. The van der Waals surface area contributed by atoms with Gasteiger partial charge in [-0.05, 0) is 67.5 Å². The molecule has 0 heterocycles. The number of nitrogens with one attached hydrogen (secondary N) is 1. The van der Waals surface area contributed by atoms with Crippen LogP contribution in [0.25, 0.3) is 0 Å². The molecule has 0 saturated heterocycles. The van der Waals surface area contributed by atoms with Gasteiger partial charge in [0.1, 0.15) is 10.1 Å². The maximum absolute atomic E-state index is 11.0. The van der Waals surface area contributed by atoms with Crippen molar-refractivity contribution in [1.29, 1.82) is 0 Å². The van der Waals surface area contributed by atoms with Gasteiger partial charge in [-0.15, -0.1) is 0 Å². The number of halogens is 2. The van der Waals surface area contributed by atoms with Gasteiger partial charge in [0.05, 0.1) is 16.6 Å². The lowest BCUT2D eigenvalue weighted by molar-refractivity contribution is 0.171. The average molecular weight is 564 g/mol. The summed E-state index contributed by atoms with van der Waals surface area (Å²) >= 11 is 0. The van der Waals surface area contributed by atoms with E-state index in [1.807, 2.05) is 0 Å². The molecule has 2 fully saturated rings. The van der Waals surface area contributed by atoms with Crippen molar-refractivity contribution in [2.45, 2.75) is 52.8 Å². The molecule has 3 aromatic rings. The Hall–Kier alpha value is -2.95. The number of alkyl halides is 2. The van der Waals surface area contributed by atoms with Gasteiger partial charge in [0, 0.05) is 6.04 Å². The SMILES string of the molecule is O=C(O)NC1CC2CCC1C2.O=S(=O)([O-])CC(F)F.c1ccc([S+](c2ccccc2)c2ccccc2)cc1. The molecule has 38 heavy (non-hydrogen) atoms. The zero-order valence-corrected chi connectivity index (χ0v) is 22.3. The molecule has 3 atom stereocenters. The highest BCUT2D eigenvalue weighted by atomic mass is 32.2. The highest BCUT2D eigenvalue weighted by molar-refractivity contribution is 7.97. The second-order valence-corrected chi connectivity index (χ2v) is 12.6. The van der Waals surface area contributed by atoms with E-state index in [4.69, 9.17) is 5.11 Å². The number of rotatable bonds is 6. The molecule has 3 aromatic carbocycles. The number of carbonyl (C=O) groups is 1. The molecule has 2 N–H and O–H groups in total. The molecule has 0 aliphatic heterocycles. The van der Waals surface area contributed by atoms with Crippen molar-refractivity contribution >= 4 is 27.1 Å². The molecule has 0 radical (unpaired) electrons. The zero-order chi connectivity index (χ0) is 27.5. The van der Waals surface area contributed by atoms with Crippen LogP contribution >= 0.6 is 0 Å². The van der Waals surface area contributed by atoms with Gasteiger partial charge in [-0.3, -0.25) is 0 Å². The predicted molar refractivity (Wildman–Crippen MR) is 142 cm³/mol. The van der Waals surface area contributed by atoms with Gasteiger partial charge in [0.2, 0.25) is 0 Å². The van der Waals surface area contributed by atoms with E-state index in [-0.39, 0.29) is 16.9 Å². The van der Waals surface area contributed by atoms with Gasteiger partial charge in [-0.2, -0.15) is 0 Å². The maximum atomic E-state index is 11.0. The largest absolute Gasteiger partial charge is 0.748 e. The number of hydrogen-bond donors (Lipinski definition) is 2. The molecule has 10 heteroatoms. The van der Waals surface area contributed by atoms with Crippen molar-refractivity contribution in [1.82, 2.24) is 5.32 Å². The Morgan fingerprint density at radius 2 is 1.32 bits per heavy atom. The first kappa shape index (κ1) is 29.6. The van der Waals surface area contributed by atoms with E-state index in [0.29, 0.717) is 5.92 Å². The summed E-state index contributed by atoms with van der Waals surface area (Å²) in [4.78, 5) is 14.4. The van der Waals surface area contributed by atoms with Gasteiger partial charge >= 0.3 is 6.09 Å². The molecule has 2 aliphatic carbocycles. The minimum absolute atomic E-state index is 0.0146.